The van der Waals surface area contributed by atoms with Crippen molar-refractivity contribution in [3.05, 3.63) is 353 Å². The first-order valence-corrected chi connectivity index (χ1v) is 44.9. The molecule has 19 N–H and O–H groups in total. The molecule has 0 aliphatic carbocycles. The van der Waals surface area contributed by atoms with E-state index in [2.05, 4.69) is 102 Å². The summed E-state index contributed by atoms with van der Waals surface area (Å²) in [6, 6.07) is 72.4. The highest BCUT2D eigenvalue weighted by Gasteiger charge is 2.23. The zero-order chi connectivity index (χ0) is 98.5. The van der Waals surface area contributed by atoms with Crippen LogP contribution in [0.25, 0.3) is 113 Å². The number of phenolic OH excluding ortho intramolecular Hbond substituents is 5. The van der Waals surface area contributed by atoms with Gasteiger partial charge >= 0.3 is 7.12 Å². The van der Waals surface area contributed by atoms with Gasteiger partial charge in [-0.05, 0) is 122 Å². The predicted octanol–water partition coefficient (Wildman–Crippen LogP) is 22.1. The molecule has 19 aromatic rings. The fourth-order valence-corrected chi connectivity index (χ4v) is 14.3. The molecule has 692 valence electrons. The van der Waals surface area contributed by atoms with E-state index in [1.54, 1.807) is 73.1 Å². The number of anilines is 6. The van der Waals surface area contributed by atoms with E-state index in [1.807, 2.05) is 173 Å². The average molecular weight is 2160 g/mol. The second kappa shape index (κ2) is 50.1. The normalized spacial score (nSPS) is 10.4. The molecule has 0 unspecified atom stereocenters. The van der Waals surface area contributed by atoms with Gasteiger partial charge in [-0.3, -0.25) is 18.8 Å². The molecule has 0 aliphatic heterocycles. The van der Waals surface area contributed by atoms with Gasteiger partial charge in [0.05, 0.1) is 108 Å². The smallest absolute Gasteiger partial charge is 0.488 e. The van der Waals surface area contributed by atoms with Gasteiger partial charge in [0.15, 0.2) is 38.4 Å². The second-order valence-electron chi connectivity index (χ2n) is 27.6. The van der Waals surface area contributed by atoms with Crippen LogP contribution in [0.1, 0.15) is 0 Å². The minimum absolute atomic E-state index is 0.0183. The van der Waals surface area contributed by atoms with Crippen LogP contribution in [0, 0.1) is 0 Å². The minimum atomic E-state index is -1.55. The molecule has 9 heterocycles. The lowest BCUT2D eigenvalue weighted by molar-refractivity contribution is -0.105. The number of rotatable bonds is 11. The number of fused-ring (bicyclic) bond motifs is 2. The van der Waals surface area contributed by atoms with Gasteiger partial charge in [0.2, 0.25) is 0 Å². The van der Waals surface area contributed by atoms with E-state index in [0.717, 1.165) is 67.2 Å². The number of halogens is 12. The van der Waals surface area contributed by atoms with Gasteiger partial charge in [-0.15, -0.1) is 11.6 Å². The first-order valence-electron chi connectivity index (χ1n) is 39.4. The lowest BCUT2D eigenvalue weighted by Gasteiger charge is -2.14. The van der Waals surface area contributed by atoms with E-state index in [4.69, 9.17) is 170 Å². The van der Waals surface area contributed by atoms with Gasteiger partial charge in [0.25, 0.3) is 0 Å². The zero-order valence-corrected chi connectivity index (χ0v) is 81.1. The van der Waals surface area contributed by atoms with Crippen LogP contribution in [-0.4, -0.2) is 133 Å². The third kappa shape index (κ3) is 28.4. The lowest BCUT2D eigenvalue weighted by atomic mass is 9.80. The largest absolute Gasteiger partial charge is 0.506 e. The number of hydrogen-bond acceptors (Lipinski definition) is 28. The van der Waals surface area contributed by atoms with Gasteiger partial charge in [-0.25, -0.2) is 59.8 Å². The maximum atomic E-state index is 9.71. The van der Waals surface area contributed by atoms with Crippen molar-refractivity contribution in [2.75, 3.05) is 40.3 Å². The maximum Gasteiger partial charge on any atom is 0.488 e. The third-order valence-electron chi connectivity index (χ3n) is 18.3. The number of carbonyl (C=O) groups is 1. The van der Waals surface area contributed by atoms with Crippen molar-refractivity contribution in [2.24, 2.45) is 0 Å². The Kier molecular flexibility index (Phi) is 37.9. The number of nitrogens with two attached hydrogens (primary N) is 6. The molecule has 0 fully saturated rings. The van der Waals surface area contributed by atoms with E-state index in [-0.39, 0.29) is 70.4 Å². The number of hydrogen-bond donors (Lipinski definition) is 13. The number of aromatic nitrogens is 16. The van der Waals surface area contributed by atoms with Crippen LogP contribution < -0.4 is 39.9 Å². The highest BCUT2D eigenvalue weighted by Crippen LogP contribution is 2.42. The number of alkyl halides is 1. The van der Waals surface area contributed by atoms with Crippen LogP contribution in [0.15, 0.2) is 308 Å². The molecule has 0 radical (unpaired) electrons. The Morgan fingerprint density at radius 2 is 0.672 bits per heavy atom. The van der Waals surface area contributed by atoms with Gasteiger partial charge < -0.3 is 74.8 Å². The van der Waals surface area contributed by atoms with Crippen molar-refractivity contribution >= 4 is 213 Å². The van der Waals surface area contributed by atoms with Gasteiger partial charge in [0.1, 0.15) is 78.4 Å². The number of aromatic hydroxyl groups is 5. The molecule has 10 aromatic carbocycles. The monoisotopic (exact) mass is 2150 g/mol. The van der Waals surface area contributed by atoms with Crippen LogP contribution in [0.4, 0.5) is 34.9 Å². The third-order valence-corrected chi connectivity index (χ3v) is 22.3. The number of benzene rings is 10. The first kappa shape index (κ1) is 104. The fourth-order valence-electron chi connectivity index (χ4n) is 12.1. The van der Waals surface area contributed by atoms with E-state index in [9.17, 15) is 20.4 Å². The maximum absolute atomic E-state index is 9.71. The quantitative estimate of drug-likeness (QED) is 0.0325. The Bertz CT molecular complexity index is 7190. The molecule has 0 saturated carbocycles. The Hall–Kier alpha value is -13.8. The number of phenols is 5. The SMILES string of the molecule is Nc1cnc(-c2ccccc2)c(-c2ccc(O)c(Cl)c2)n1.Nc1cnc(-c2ccccc2)c(Cl)n1.Nc1cnc(Br)c(Cl)n1.Nc1cncc(Cl)n1.Nc1nc(-c2ccc(O)c(Cl)c2)c(-c2ccccc2)nc1Br.Nc1nc(-c2ccccc2)c(-c2ccc(O)c(Cl)c2)n2ccnc12.O=CCCl.OB(O)c1ccc(O)c(Cl)c1.Oc1ccc(-c2c(-c3ccccc3)nc(Cl)c3nccn23)cc1Cl. The Balaban J connectivity index is 0.000000153. The number of carbonyl (C=O) groups excluding carboxylic acids is 1. The van der Waals surface area contributed by atoms with E-state index < -0.39 is 7.12 Å². The van der Waals surface area contributed by atoms with Gasteiger partial charge in [0, 0.05) is 74.9 Å². The Morgan fingerprint density at radius 1 is 0.321 bits per heavy atom. The number of nitrogens with zero attached hydrogens (tertiary/aromatic N) is 16. The van der Waals surface area contributed by atoms with Crippen molar-refractivity contribution in [3.8, 4) is 130 Å². The molecule has 43 heteroatoms. The molecule has 137 heavy (non-hydrogen) atoms. The Morgan fingerprint density at radius 3 is 1.08 bits per heavy atom. The van der Waals surface area contributed by atoms with Crippen LogP contribution >= 0.6 is 148 Å². The van der Waals surface area contributed by atoms with E-state index >= 15 is 0 Å². The molecule has 0 aliphatic rings. The van der Waals surface area contributed by atoms with Crippen molar-refractivity contribution in [1.29, 1.82) is 0 Å². The fraction of sp³-hybridized carbons (Fsp3) is 0.0106. The molecule has 19 rings (SSSR count). The zero-order valence-electron chi connectivity index (χ0n) is 70.3. The molecular weight excluding hydrogens is 2090 g/mol. The number of imidazole rings is 2. The van der Waals surface area contributed by atoms with Crippen molar-refractivity contribution in [2.45, 2.75) is 0 Å². The van der Waals surface area contributed by atoms with Gasteiger partial charge in [-0.2, -0.15) is 0 Å². The summed E-state index contributed by atoms with van der Waals surface area (Å²) >= 11 is 64.0. The summed E-state index contributed by atoms with van der Waals surface area (Å²) in [5.74, 6) is 2.12. The number of nitrogen functional groups attached to an aromatic ring is 6. The molecule has 0 amide bonds. The van der Waals surface area contributed by atoms with E-state index in [0.29, 0.717) is 111 Å². The summed E-state index contributed by atoms with van der Waals surface area (Å²) in [5, 5.41) is 67.2. The summed E-state index contributed by atoms with van der Waals surface area (Å²) in [4.78, 5) is 67.2. The summed E-state index contributed by atoms with van der Waals surface area (Å²) in [6.45, 7) is 0. The van der Waals surface area contributed by atoms with Crippen LogP contribution in [0.3, 0.4) is 0 Å². The number of aldehydes is 1. The summed E-state index contributed by atoms with van der Waals surface area (Å²) in [7, 11) is -1.55. The summed E-state index contributed by atoms with van der Waals surface area (Å²) < 4.78 is 4.76. The minimum Gasteiger partial charge on any atom is -0.506 e. The standard InChI is InChI=1S/C18H11Cl2N3O.C18H13ClN4O.C16H11BrClN3O.C16H12ClN3O.C10H8ClN3.C6H6BClO3.C4H3BrClN3.C4H4ClN3.C2H3ClO/c2*19-13-10-12(6-7-14(13)24)16-15(11-4-2-1-3-5-11)22-17(20)18-21-8-9-23(16)18;17-15-16(19)21-14(10-6-7-12(22)11(18)8-10)13(20-15)9-4-2-1-3-5-9;17-12-8-11(6-7-13(12)21)16-15(19-9-14(18)20-16)10-4-2-1-3-5-10;11-10-9(13-6-8(12)14-10)7-4-2-1-3-5-7;8-5-3-4(7(10)11)1-2-6(5)9;5-3-4(6)9-2(7)1-8-3;5-3-1-7-2-4(6)8-3;3-1-2-4/h1-10,24H;1-10,24H,(H2,20,22);1-8,22H,(H2,19,21);1-9,21H,(H2,18,20);1-6H,(H2,12,14);1-3,9-11H;1H,(H2,7,9);1-2H,(H2,6,8);2H,1H2. The van der Waals surface area contributed by atoms with E-state index in [1.165, 1.54) is 61.3 Å². The summed E-state index contributed by atoms with van der Waals surface area (Å²) in [6.07, 6.45) is 14.9. The molecule has 0 atom stereocenters. The van der Waals surface area contributed by atoms with Crippen molar-refractivity contribution in [1.82, 2.24) is 78.6 Å². The average Bonchev–Trinajstić information content (AvgIpc) is 1.69. The molecule has 0 saturated heterocycles. The van der Waals surface area contributed by atoms with Crippen LogP contribution in [-0.2, 0) is 4.79 Å². The van der Waals surface area contributed by atoms with Crippen molar-refractivity contribution in [3.63, 3.8) is 0 Å². The van der Waals surface area contributed by atoms with Crippen LogP contribution in [0.2, 0.25) is 45.7 Å². The lowest BCUT2D eigenvalue weighted by Crippen LogP contribution is -2.29. The van der Waals surface area contributed by atoms with Crippen LogP contribution in [0.5, 0.6) is 28.7 Å². The highest BCUT2D eigenvalue weighted by atomic mass is 79.9. The molecule has 0 spiro atoms. The summed E-state index contributed by atoms with van der Waals surface area (Å²) in [5.41, 5.74) is 49.1. The molecule has 0 bridgehead atoms. The predicted molar refractivity (Wildman–Crippen MR) is 553 cm³/mol. The molecule has 30 nitrogen and oxygen atoms in total. The first-order chi connectivity index (χ1) is 65.8. The van der Waals surface area contributed by atoms with Crippen molar-refractivity contribution < 1.29 is 40.4 Å². The molecule has 9 aromatic heterocycles. The molecular formula is C94H71BBr2Cl10N22O8. The topological polar surface area (TPSA) is 504 Å². The Labute approximate surface area is 848 Å². The highest BCUT2D eigenvalue weighted by molar-refractivity contribution is 9.10. The second-order valence-corrected chi connectivity index (χ2v) is 32.9. The van der Waals surface area contributed by atoms with Gasteiger partial charge in [-0.1, -0.05) is 262 Å².